The summed E-state index contributed by atoms with van der Waals surface area (Å²) >= 11 is 1.68. The van der Waals surface area contributed by atoms with Gasteiger partial charge in [-0.3, -0.25) is 14.4 Å². The van der Waals surface area contributed by atoms with E-state index < -0.39 is 12.0 Å². The van der Waals surface area contributed by atoms with E-state index in [-0.39, 0.29) is 6.42 Å². The molecule has 0 aliphatic carbocycles. The second-order valence-electron chi connectivity index (χ2n) is 9.48. The van der Waals surface area contributed by atoms with E-state index in [9.17, 15) is 9.90 Å². The molecule has 0 bridgehead atoms. The Kier molecular flexibility index (Phi) is 5.48. The number of carbonyl (C=O) groups is 1. The van der Waals surface area contributed by atoms with E-state index in [2.05, 4.69) is 77.5 Å². The molecule has 36 heavy (non-hydrogen) atoms. The van der Waals surface area contributed by atoms with Crippen molar-refractivity contribution >= 4 is 28.7 Å². The number of benzene rings is 2. The zero-order valence-corrected chi connectivity index (χ0v) is 21.3. The van der Waals surface area contributed by atoms with Crippen LogP contribution in [0.3, 0.4) is 0 Å². The predicted octanol–water partition coefficient (Wildman–Crippen LogP) is 5.18. The third-order valence-electron chi connectivity index (χ3n) is 7.24. The summed E-state index contributed by atoms with van der Waals surface area (Å²) in [6, 6.07) is 16.6. The van der Waals surface area contributed by atoms with Gasteiger partial charge in [-0.05, 0) is 56.0 Å². The summed E-state index contributed by atoms with van der Waals surface area (Å²) in [5.74, 6) is 0.408. The molecule has 1 N–H and O–H groups in total. The van der Waals surface area contributed by atoms with E-state index in [1.54, 1.807) is 11.3 Å². The van der Waals surface area contributed by atoms with Gasteiger partial charge < -0.3 is 10.0 Å². The zero-order chi connectivity index (χ0) is 25.0. The highest BCUT2D eigenvalue weighted by Crippen LogP contribution is 2.39. The highest BCUT2D eigenvalue weighted by atomic mass is 32.1. The number of rotatable bonds is 4. The summed E-state index contributed by atoms with van der Waals surface area (Å²) < 4.78 is 1.99. The number of fused-ring (bicyclic) bond motifs is 4. The van der Waals surface area contributed by atoms with Crippen molar-refractivity contribution in [1.82, 2.24) is 14.8 Å². The number of hydrogen-bond donors (Lipinski definition) is 1. The van der Waals surface area contributed by atoms with Crippen molar-refractivity contribution in [3.05, 3.63) is 92.9 Å². The van der Waals surface area contributed by atoms with Gasteiger partial charge in [-0.15, -0.1) is 21.5 Å². The molecular weight excluding hydrogens is 470 g/mol. The second-order valence-corrected chi connectivity index (χ2v) is 10.7. The summed E-state index contributed by atoms with van der Waals surface area (Å²) in [6.45, 7) is 8.00. The Morgan fingerprint density at radius 2 is 1.81 bits per heavy atom. The van der Waals surface area contributed by atoms with Crippen LogP contribution in [0.1, 0.15) is 56.8 Å². The molecule has 6 rings (SSSR count). The van der Waals surface area contributed by atoms with Gasteiger partial charge in [0.25, 0.3) is 0 Å². The van der Waals surface area contributed by atoms with E-state index in [0.717, 1.165) is 52.7 Å². The Morgan fingerprint density at radius 1 is 1.06 bits per heavy atom. The summed E-state index contributed by atoms with van der Waals surface area (Å²) in [7, 11) is 0. The normalized spacial score (nSPS) is 16.6. The van der Waals surface area contributed by atoms with Gasteiger partial charge in [0.1, 0.15) is 16.9 Å². The predicted molar refractivity (Wildman–Crippen MR) is 142 cm³/mol. The molecule has 4 aromatic rings. The number of thiophene rings is 1. The maximum Gasteiger partial charge on any atom is 0.306 e. The lowest BCUT2D eigenvalue weighted by atomic mass is 9.97. The molecule has 0 fully saturated rings. The van der Waals surface area contributed by atoms with Gasteiger partial charge in [-0.2, -0.15) is 0 Å². The topological polar surface area (TPSA) is 83.6 Å². The maximum absolute atomic E-state index is 11.7. The average molecular weight is 498 g/mol. The quantitative estimate of drug-likeness (QED) is 0.420. The smallest absolute Gasteiger partial charge is 0.306 e. The fourth-order valence-electron chi connectivity index (χ4n) is 5.24. The first-order chi connectivity index (χ1) is 17.4. The van der Waals surface area contributed by atoms with Gasteiger partial charge in [0.2, 0.25) is 0 Å². The number of hydrogen-bond acceptors (Lipinski definition) is 6. The van der Waals surface area contributed by atoms with Crippen LogP contribution in [0.15, 0.2) is 53.5 Å². The Hall–Kier alpha value is -3.78. The first-order valence-electron chi connectivity index (χ1n) is 12.1. The van der Waals surface area contributed by atoms with Crippen LogP contribution in [-0.4, -0.2) is 38.1 Å². The third kappa shape index (κ3) is 3.73. The molecule has 1 atom stereocenters. The van der Waals surface area contributed by atoms with Gasteiger partial charge in [0, 0.05) is 34.8 Å². The van der Waals surface area contributed by atoms with Crippen LogP contribution in [0, 0.1) is 20.8 Å². The zero-order valence-electron chi connectivity index (χ0n) is 20.5. The van der Waals surface area contributed by atoms with Crippen molar-refractivity contribution in [2.45, 2.75) is 46.2 Å². The van der Waals surface area contributed by atoms with Crippen molar-refractivity contribution < 1.29 is 9.90 Å². The van der Waals surface area contributed by atoms with Gasteiger partial charge in [0.15, 0.2) is 5.82 Å². The Balaban J connectivity index is 1.42. The molecule has 2 aliphatic rings. The van der Waals surface area contributed by atoms with Crippen LogP contribution < -0.4 is 4.90 Å². The number of carboxylic acids is 1. The van der Waals surface area contributed by atoms with Crippen LogP contribution in [0.4, 0.5) is 5.69 Å². The minimum atomic E-state index is -0.908. The first kappa shape index (κ1) is 22.7. The number of anilines is 1. The SMILES string of the molecule is Cc1sc2c(c1C)C(c1ccc(N3CCc4ccccc4C3)cc1)=N[C@@H](CC(=O)O)c1nnc(C)n1-2. The fraction of sp³-hybridized carbons (Fsp3) is 0.286. The fourth-order valence-corrected chi connectivity index (χ4v) is 6.45. The van der Waals surface area contributed by atoms with Crippen molar-refractivity contribution in [2.75, 3.05) is 11.4 Å². The summed E-state index contributed by atoms with van der Waals surface area (Å²) in [4.78, 5) is 20.4. The van der Waals surface area contributed by atoms with Gasteiger partial charge >= 0.3 is 5.97 Å². The van der Waals surface area contributed by atoms with Crippen molar-refractivity contribution in [3.63, 3.8) is 0 Å². The van der Waals surface area contributed by atoms with E-state index in [0.29, 0.717) is 5.82 Å². The van der Waals surface area contributed by atoms with Crippen LogP contribution in [0.25, 0.3) is 5.00 Å². The van der Waals surface area contributed by atoms with Crippen LogP contribution in [0.2, 0.25) is 0 Å². The number of nitrogens with zero attached hydrogens (tertiary/aromatic N) is 5. The number of aryl methyl sites for hydroxylation is 2. The molecule has 2 aromatic carbocycles. The van der Waals surface area contributed by atoms with E-state index in [1.807, 2.05) is 11.5 Å². The number of aliphatic imine (C=N–C) groups is 1. The molecule has 0 spiro atoms. The number of aromatic nitrogens is 3. The summed E-state index contributed by atoms with van der Waals surface area (Å²) in [6.07, 6.45) is 0.900. The monoisotopic (exact) mass is 497 g/mol. The summed E-state index contributed by atoms with van der Waals surface area (Å²) in [5, 5.41) is 19.3. The minimum Gasteiger partial charge on any atom is -0.481 e. The standard InChI is InChI=1S/C28H27N5O2S/c1-16-17(2)36-28-25(16)26(29-23(14-24(34)35)27-31-30-18(3)33(27)28)20-8-10-22(11-9-20)32-13-12-19-6-4-5-7-21(19)15-32/h4-11,23H,12-15H2,1-3H3,(H,34,35)/t23-/m0/s1. The summed E-state index contributed by atoms with van der Waals surface area (Å²) in [5.41, 5.74) is 7.97. The Bertz CT molecular complexity index is 1520. The minimum absolute atomic E-state index is 0.139. The third-order valence-corrected chi connectivity index (χ3v) is 8.44. The van der Waals surface area contributed by atoms with Crippen molar-refractivity contribution in [1.29, 1.82) is 0 Å². The molecule has 2 aliphatic heterocycles. The highest BCUT2D eigenvalue weighted by Gasteiger charge is 2.32. The van der Waals surface area contributed by atoms with E-state index in [1.165, 1.54) is 21.7 Å². The Morgan fingerprint density at radius 3 is 2.56 bits per heavy atom. The lowest BCUT2D eigenvalue weighted by Gasteiger charge is -2.30. The lowest BCUT2D eigenvalue weighted by Crippen LogP contribution is -2.30. The second kappa shape index (κ2) is 8.71. The van der Waals surface area contributed by atoms with Crippen LogP contribution in [-0.2, 0) is 17.8 Å². The van der Waals surface area contributed by atoms with E-state index >= 15 is 0 Å². The number of aliphatic carboxylic acids is 1. The van der Waals surface area contributed by atoms with Crippen LogP contribution in [0.5, 0.6) is 0 Å². The molecule has 0 radical (unpaired) electrons. The molecular formula is C28H27N5O2S. The average Bonchev–Trinajstić information content (AvgIpc) is 3.35. The van der Waals surface area contributed by atoms with E-state index in [4.69, 9.17) is 4.99 Å². The molecule has 0 saturated carbocycles. The van der Waals surface area contributed by atoms with Gasteiger partial charge in [-0.25, -0.2) is 0 Å². The largest absolute Gasteiger partial charge is 0.481 e. The Labute approximate surface area is 213 Å². The molecule has 4 heterocycles. The first-order valence-corrected chi connectivity index (χ1v) is 13.0. The van der Waals surface area contributed by atoms with Gasteiger partial charge in [-0.1, -0.05) is 36.4 Å². The molecule has 8 heteroatoms. The molecule has 2 aromatic heterocycles. The van der Waals surface area contributed by atoms with Gasteiger partial charge in [0.05, 0.1) is 12.1 Å². The van der Waals surface area contributed by atoms with Crippen molar-refractivity contribution in [3.8, 4) is 5.00 Å². The highest BCUT2D eigenvalue weighted by molar-refractivity contribution is 7.15. The van der Waals surface area contributed by atoms with Crippen molar-refractivity contribution in [2.24, 2.45) is 4.99 Å². The molecule has 7 nitrogen and oxygen atoms in total. The number of carboxylic acid groups (broad SMARTS) is 1. The molecule has 182 valence electrons. The lowest BCUT2D eigenvalue weighted by molar-refractivity contribution is -0.137. The molecule has 0 amide bonds. The van der Waals surface area contributed by atoms with Crippen LogP contribution >= 0.6 is 11.3 Å². The molecule has 0 unspecified atom stereocenters. The maximum atomic E-state index is 11.7. The molecule has 0 saturated heterocycles.